The second kappa shape index (κ2) is 6.16. The zero-order valence-electron chi connectivity index (χ0n) is 12.9. The van der Waals surface area contributed by atoms with E-state index in [2.05, 4.69) is 0 Å². The average Bonchev–Trinajstić information content (AvgIpc) is 2.55. The maximum atomic E-state index is 12.1. The minimum atomic E-state index is -0.365. The lowest BCUT2D eigenvalue weighted by molar-refractivity contribution is 0.373. The van der Waals surface area contributed by atoms with Crippen LogP contribution < -0.4 is 10.2 Å². The largest absolute Gasteiger partial charge is 0.504 e. The van der Waals surface area contributed by atoms with Crippen LogP contribution in [-0.2, 0) is 12.8 Å². The second-order valence-electron chi connectivity index (χ2n) is 5.42. The number of ether oxygens (including phenoxy) is 1. The van der Waals surface area contributed by atoms with Crippen LogP contribution in [0.2, 0.25) is 0 Å². The van der Waals surface area contributed by atoms with E-state index in [4.69, 9.17) is 9.15 Å². The number of aryl methyl sites for hydroxylation is 2. The zero-order valence-corrected chi connectivity index (χ0v) is 12.9. The van der Waals surface area contributed by atoms with Crippen molar-refractivity contribution >= 4 is 11.0 Å². The molecule has 0 unspecified atom stereocenters. The van der Waals surface area contributed by atoms with Crippen LogP contribution in [0.5, 0.6) is 23.0 Å². The lowest BCUT2D eigenvalue weighted by Crippen LogP contribution is -2.03. The van der Waals surface area contributed by atoms with Crippen LogP contribution in [0.3, 0.4) is 0 Å². The van der Waals surface area contributed by atoms with E-state index in [0.29, 0.717) is 24.4 Å². The molecule has 124 valence electrons. The van der Waals surface area contributed by atoms with E-state index in [1.807, 2.05) is 6.07 Å². The molecule has 24 heavy (non-hydrogen) atoms. The van der Waals surface area contributed by atoms with Gasteiger partial charge in [-0.25, -0.2) is 0 Å². The van der Waals surface area contributed by atoms with Gasteiger partial charge in [-0.15, -0.1) is 0 Å². The van der Waals surface area contributed by atoms with Crippen molar-refractivity contribution in [2.45, 2.75) is 12.8 Å². The molecule has 6 nitrogen and oxygen atoms in total. The first-order valence-electron chi connectivity index (χ1n) is 7.32. The highest BCUT2D eigenvalue weighted by Gasteiger charge is 2.10. The van der Waals surface area contributed by atoms with Crippen molar-refractivity contribution in [3.63, 3.8) is 0 Å². The smallest absolute Gasteiger partial charge is 0.193 e. The summed E-state index contributed by atoms with van der Waals surface area (Å²) in [5, 5.41) is 29.0. The summed E-state index contributed by atoms with van der Waals surface area (Å²) in [6.07, 6.45) is 0.995. The number of hydrogen-bond acceptors (Lipinski definition) is 6. The summed E-state index contributed by atoms with van der Waals surface area (Å²) in [6, 6.07) is 8.85. The first kappa shape index (κ1) is 15.7. The van der Waals surface area contributed by atoms with Gasteiger partial charge in [0.1, 0.15) is 11.3 Å². The maximum absolute atomic E-state index is 12.1. The normalized spacial score (nSPS) is 10.9. The summed E-state index contributed by atoms with van der Waals surface area (Å²) in [5.74, 6) is 0.189. The Hall–Kier alpha value is -3.15. The van der Waals surface area contributed by atoms with Crippen LogP contribution in [0.1, 0.15) is 11.3 Å². The molecule has 3 N–H and O–H groups in total. The molecule has 0 saturated carbocycles. The summed E-state index contributed by atoms with van der Waals surface area (Å²) < 4.78 is 10.6. The molecule has 0 aliphatic carbocycles. The molecule has 3 aromatic rings. The van der Waals surface area contributed by atoms with E-state index in [0.717, 1.165) is 5.56 Å². The Morgan fingerprint density at radius 3 is 2.42 bits per heavy atom. The Balaban J connectivity index is 1.86. The van der Waals surface area contributed by atoms with Gasteiger partial charge in [0.15, 0.2) is 28.4 Å². The Kier molecular flexibility index (Phi) is 4.04. The number of phenols is 3. The molecule has 1 heterocycles. The van der Waals surface area contributed by atoms with Crippen molar-refractivity contribution in [2.75, 3.05) is 7.11 Å². The van der Waals surface area contributed by atoms with Crippen LogP contribution in [0.25, 0.3) is 11.0 Å². The SMILES string of the molecule is COc1ccc(CCc2cc(=O)c3cc(O)c(O)cc3o2)cc1O. The second-order valence-corrected chi connectivity index (χ2v) is 5.42. The minimum Gasteiger partial charge on any atom is -0.504 e. The van der Waals surface area contributed by atoms with Gasteiger partial charge in [-0.1, -0.05) is 6.07 Å². The van der Waals surface area contributed by atoms with Gasteiger partial charge in [-0.2, -0.15) is 0 Å². The molecule has 0 aliphatic heterocycles. The van der Waals surface area contributed by atoms with Crippen molar-refractivity contribution in [2.24, 2.45) is 0 Å². The highest BCUT2D eigenvalue weighted by molar-refractivity contribution is 5.80. The number of aromatic hydroxyl groups is 3. The maximum Gasteiger partial charge on any atom is 0.193 e. The molecule has 1 aromatic heterocycles. The van der Waals surface area contributed by atoms with E-state index < -0.39 is 0 Å². The van der Waals surface area contributed by atoms with E-state index >= 15 is 0 Å². The molecule has 0 saturated heterocycles. The quantitative estimate of drug-likeness (QED) is 0.637. The van der Waals surface area contributed by atoms with Crippen LogP contribution in [0.15, 0.2) is 45.6 Å². The summed E-state index contributed by atoms with van der Waals surface area (Å²) in [7, 11) is 1.48. The first-order valence-corrected chi connectivity index (χ1v) is 7.32. The fourth-order valence-corrected chi connectivity index (χ4v) is 2.51. The fourth-order valence-electron chi connectivity index (χ4n) is 2.51. The Morgan fingerprint density at radius 2 is 1.71 bits per heavy atom. The standard InChI is InChI=1S/C18H16O6/c1-23-17-5-3-10(6-16(17)22)2-4-11-7-13(19)12-8-14(20)15(21)9-18(12)24-11/h3,5-9,20-22H,2,4H2,1H3. The molecule has 0 bridgehead atoms. The lowest BCUT2D eigenvalue weighted by atomic mass is 10.1. The molecule has 0 atom stereocenters. The first-order chi connectivity index (χ1) is 11.5. The monoisotopic (exact) mass is 328 g/mol. The van der Waals surface area contributed by atoms with E-state index in [1.165, 1.54) is 25.3 Å². The van der Waals surface area contributed by atoms with Gasteiger partial charge in [0.25, 0.3) is 0 Å². The molecule has 2 aromatic carbocycles. The topological polar surface area (TPSA) is 100 Å². The van der Waals surface area contributed by atoms with Gasteiger partial charge >= 0.3 is 0 Å². The van der Waals surface area contributed by atoms with Crippen molar-refractivity contribution < 1.29 is 24.5 Å². The van der Waals surface area contributed by atoms with Crippen LogP contribution in [0.4, 0.5) is 0 Å². The van der Waals surface area contributed by atoms with E-state index in [9.17, 15) is 20.1 Å². The third kappa shape index (κ3) is 2.99. The molecule has 0 spiro atoms. The van der Waals surface area contributed by atoms with Gasteiger partial charge < -0.3 is 24.5 Å². The summed E-state index contributed by atoms with van der Waals surface area (Å²) in [4.78, 5) is 12.1. The lowest BCUT2D eigenvalue weighted by Gasteiger charge is -2.07. The molecular weight excluding hydrogens is 312 g/mol. The predicted octanol–water partition coefficient (Wildman–Crippen LogP) is 2.70. The highest BCUT2D eigenvalue weighted by atomic mass is 16.5. The van der Waals surface area contributed by atoms with Crippen LogP contribution >= 0.6 is 0 Å². The van der Waals surface area contributed by atoms with Gasteiger partial charge in [-0.05, 0) is 30.2 Å². The predicted molar refractivity (Wildman–Crippen MR) is 87.9 cm³/mol. The molecular formula is C18H16O6. The van der Waals surface area contributed by atoms with Crippen molar-refractivity contribution in [3.05, 3.63) is 57.9 Å². The van der Waals surface area contributed by atoms with Crippen molar-refractivity contribution in [1.29, 1.82) is 0 Å². The third-order valence-electron chi connectivity index (χ3n) is 3.78. The van der Waals surface area contributed by atoms with Gasteiger partial charge in [0.05, 0.1) is 12.5 Å². The fraction of sp³-hybridized carbons (Fsp3) is 0.167. The molecule has 0 amide bonds. The third-order valence-corrected chi connectivity index (χ3v) is 3.78. The zero-order chi connectivity index (χ0) is 17.3. The summed E-state index contributed by atoms with van der Waals surface area (Å²) >= 11 is 0. The average molecular weight is 328 g/mol. The molecule has 0 radical (unpaired) electrons. The Bertz CT molecular complexity index is 958. The number of methoxy groups -OCH3 is 1. The van der Waals surface area contributed by atoms with Gasteiger partial charge in [0, 0.05) is 18.6 Å². The molecule has 6 heteroatoms. The van der Waals surface area contributed by atoms with Crippen LogP contribution in [0, 0.1) is 0 Å². The summed E-state index contributed by atoms with van der Waals surface area (Å²) in [5.41, 5.74) is 0.786. The highest BCUT2D eigenvalue weighted by Crippen LogP contribution is 2.30. The number of hydrogen-bond donors (Lipinski definition) is 3. The Morgan fingerprint density at radius 1 is 0.958 bits per heavy atom. The number of phenolic OH excluding ortho intramolecular Hbond substituents is 3. The number of fused-ring (bicyclic) bond motifs is 1. The van der Waals surface area contributed by atoms with Gasteiger partial charge in [-0.3, -0.25) is 4.79 Å². The molecule has 0 aliphatic rings. The summed E-state index contributed by atoms with van der Waals surface area (Å²) in [6.45, 7) is 0. The molecule has 0 fully saturated rings. The van der Waals surface area contributed by atoms with Crippen molar-refractivity contribution in [1.82, 2.24) is 0 Å². The van der Waals surface area contributed by atoms with E-state index in [-0.39, 0.29) is 33.6 Å². The Labute approximate surface area is 137 Å². The number of rotatable bonds is 4. The van der Waals surface area contributed by atoms with Crippen LogP contribution in [-0.4, -0.2) is 22.4 Å². The minimum absolute atomic E-state index is 0.0513. The number of benzene rings is 2. The van der Waals surface area contributed by atoms with Gasteiger partial charge in [0.2, 0.25) is 0 Å². The van der Waals surface area contributed by atoms with E-state index in [1.54, 1.807) is 12.1 Å². The van der Waals surface area contributed by atoms with Crippen molar-refractivity contribution in [3.8, 4) is 23.0 Å². The molecule has 3 rings (SSSR count).